The summed E-state index contributed by atoms with van der Waals surface area (Å²) in [6, 6.07) is 65.3. The molecule has 0 spiro atoms. The molecular formula is C49H36N2O. The molecule has 7 aromatic carbocycles. The standard InChI is InChI=1S/C49H36N2O/c1-49(2)43-21-13-12-20-41(43)42-27-26-40(32-44(42)49)51-45(28-35-30-48-36(29-46(35)51)31-47(52-48)34-14-6-3-7-15-34)33-22-24-39(25-23-33)50(37-16-8-4-9-17-37)38-18-10-5-11-19-38/h3-32H,1-2H3. The van der Waals surface area contributed by atoms with Gasteiger partial charge in [0.2, 0.25) is 0 Å². The molecule has 0 saturated heterocycles. The molecule has 0 fully saturated rings. The second-order valence-corrected chi connectivity index (χ2v) is 14.2. The third-order valence-corrected chi connectivity index (χ3v) is 10.8. The van der Waals surface area contributed by atoms with Crippen LogP contribution in [0.3, 0.4) is 0 Å². The topological polar surface area (TPSA) is 21.3 Å². The van der Waals surface area contributed by atoms with Crippen LogP contribution in [0.15, 0.2) is 186 Å². The van der Waals surface area contributed by atoms with Crippen LogP contribution in [0.2, 0.25) is 0 Å². The third-order valence-electron chi connectivity index (χ3n) is 10.8. The van der Waals surface area contributed by atoms with Crippen LogP contribution in [0.1, 0.15) is 25.0 Å². The number of para-hydroxylation sites is 2. The Balaban J connectivity index is 1.15. The molecule has 0 radical (unpaired) electrons. The quantitative estimate of drug-likeness (QED) is 0.176. The zero-order valence-electron chi connectivity index (χ0n) is 29.1. The van der Waals surface area contributed by atoms with Crippen LogP contribution in [0.4, 0.5) is 17.1 Å². The van der Waals surface area contributed by atoms with E-state index in [2.05, 4.69) is 199 Å². The summed E-state index contributed by atoms with van der Waals surface area (Å²) >= 11 is 0. The van der Waals surface area contributed by atoms with Crippen molar-refractivity contribution in [3.8, 4) is 39.4 Å². The van der Waals surface area contributed by atoms with Gasteiger partial charge in [-0.3, -0.25) is 0 Å². The molecule has 52 heavy (non-hydrogen) atoms. The monoisotopic (exact) mass is 668 g/mol. The van der Waals surface area contributed by atoms with Crippen molar-refractivity contribution < 1.29 is 4.42 Å². The summed E-state index contributed by atoms with van der Waals surface area (Å²) in [5.41, 5.74) is 15.2. The molecular weight excluding hydrogens is 633 g/mol. The van der Waals surface area contributed by atoms with E-state index in [9.17, 15) is 0 Å². The zero-order chi connectivity index (χ0) is 34.8. The van der Waals surface area contributed by atoms with Gasteiger partial charge < -0.3 is 13.9 Å². The van der Waals surface area contributed by atoms with Gasteiger partial charge in [0.15, 0.2) is 0 Å². The van der Waals surface area contributed by atoms with Crippen LogP contribution in [0, 0.1) is 0 Å². The number of benzene rings is 7. The van der Waals surface area contributed by atoms with Crippen LogP contribution >= 0.6 is 0 Å². The van der Waals surface area contributed by atoms with E-state index in [1.807, 2.05) is 6.07 Å². The average Bonchev–Trinajstić information content (AvgIpc) is 3.85. The average molecular weight is 669 g/mol. The van der Waals surface area contributed by atoms with Gasteiger partial charge in [0.1, 0.15) is 11.3 Å². The van der Waals surface area contributed by atoms with Crippen molar-refractivity contribution in [3.05, 3.63) is 193 Å². The predicted molar refractivity (Wildman–Crippen MR) is 216 cm³/mol. The van der Waals surface area contributed by atoms with Crippen molar-refractivity contribution in [2.24, 2.45) is 0 Å². The smallest absolute Gasteiger partial charge is 0.135 e. The van der Waals surface area contributed by atoms with Gasteiger partial charge in [0.05, 0.1) is 11.2 Å². The van der Waals surface area contributed by atoms with Gasteiger partial charge in [-0.25, -0.2) is 0 Å². The molecule has 0 unspecified atom stereocenters. The molecule has 0 saturated carbocycles. The van der Waals surface area contributed by atoms with Crippen LogP contribution in [-0.2, 0) is 5.41 Å². The number of furan rings is 1. The normalized spacial score (nSPS) is 13.0. The van der Waals surface area contributed by atoms with Crippen LogP contribution in [0.5, 0.6) is 0 Å². The minimum atomic E-state index is -0.104. The Bertz CT molecular complexity index is 2700. The number of aromatic nitrogens is 1. The van der Waals surface area contributed by atoms with Gasteiger partial charge in [-0.05, 0) is 101 Å². The summed E-state index contributed by atoms with van der Waals surface area (Å²) < 4.78 is 8.89. The number of fused-ring (bicyclic) bond motifs is 5. The van der Waals surface area contributed by atoms with Crippen molar-refractivity contribution in [2.45, 2.75) is 19.3 Å². The lowest BCUT2D eigenvalue weighted by atomic mass is 9.82. The van der Waals surface area contributed by atoms with Crippen LogP contribution in [0.25, 0.3) is 61.3 Å². The molecule has 9 aromatic rings. The van der Waals surface area contributed by atoms with Gasteiger partial charge >= 0.3 is 0 Å². The summed E-state index contributed by atoms with van der Waals surface area (Å²) in [6.07, 6.45) is 0. The molecule has 248 valence electrons. The first-order chi connectivity index (χ1) is 25.5. The number of hydrogen-bond donors (Lipinski definition) is 0. The summed E-state index contributed by atoms with van der Waals surface area (Å²) in [6.45, 7) is 4.69. The highest BCUT2D eigenvalue weighted by Crippen LogP contribution is 2.49. The fraction of sp³-hybridized carbons (Fsp3) is 0.0612. The summed E-state index contributed by atoms with van der Waals surface area (Å²) in [4.78, 5) is 2.30. The molecule has 0 atom stereocenters. The van der Waals surface area contributed by atoms with E-state index in [4.69, 9.17) is 4.42 Å². The number of rotatable bonds is 6. The number of anilines is 3. The molecule has 3 nitrogen and oxygen atoms in total. The maximum absolute atomic E-state index is 6.46. The van der Waals surface area contributed by atoms with Gasteiger partial charge in [0.25, 0.3) is 0 Å². The van der Waals surface area contributed by atoms with E-state index < -0.39 is 0 Å². The second-order valence-electron chi connectivity index (χ2n) is 14.2. The lowest BCUT2D eigenvalue weighted by molar-refractivity contribution is 0.632. The van der Waals surface area contributed by atoms with Crippen LogP contribution in [-0.4, -0.2) is 4.57 Å². The maximum atomic E-state index is 6.46. The molecule has 0 aliphatic heterocycles. The van der Waals surface area contributed by atoms with E-state index in [0.717, 1.165) is 67.2 Å². The van der Waals surface area contributed by atoms with Crippen LogP contribution < -0.4 is 4.90 Å². The molecule has 2 heterocycles. The van der Waals surface area contributed by atoms with Crippen molar-refractivity contribution in [3.63, 3.8) is 0 Å². The van der Waals surface area contributed by atoms with Gasteiger partial charge in [-0.2, -0.15) is 0 Å². The molecule has 0 bridgehead atoms. The Hall–Kier alpha value is -6.58. The lowest BCUT2D eigenvalue weighted by Gasteiger charge is -2.25. The SMILES string of the molecule is CC1(C)c2ccccc2-c2ccc(-n3c(-c4ccc(N(c5ccccc5)c5ccccc5)cc4)cc4cc5oc(-c6ccccc6)cc5cc43)cc21. The first-order valence-electron chi connectivity index (χ1n) is 17.9. The molecule has 3 heteroatoms. The fourth-order valence-corrected chi connectivity index (χ4v) is 8.19. The highest BCUT2D eigenvalue weighted by Gasteiger charge is 2.35. The lowest BCUT2D eigenvalue weighted by Crippen LogP contribution is -2.15. The predicted octanol–water partition coefficient (Wildman–Crippen LogP) is 13.5. The Morgan fingerprint density at radius 1 is 0.481 bits per heavy atom. The maximum Gasteiger partial charge on any atom is 0.135 e. The van der Waals surface area contributed by atoms with Crippen molar-refractivity contribution in [1.82, 2.24) is 4.57 Å². The highest BCUT2D eigenvalue weighted by molar-refractivity contribution is 6.00. The Morgan fingerprint density at radius 3 is 1.81 bits per heavy atom. The van der Waals surface area contributed by atoms with Gasteiger partial charge in [0, 0.05) is 44.5 Å². The van der Waals surface area contributed by atoms with E-state index in [1.54, 1.807) is 0 Å². The number of hydrogen-bond acceptors (Lipinski definition) is 2. The minimum absolute atomic E-state index is 0.104. The van der Waals surface area contributed by atoms with Crippen molar-refractivity contribution in [1.29, 1.82) is 0 Å². The van der Waals surface area contributed by atoms with Crippen molar-refractivity contribution in [2.75, 3.05) is 4.90 Å². The first kappa shape index (κ1) is 30.3. The molecule has 0 N–H and O–H groups in total. The Morgan fingerprint density at radius 2 is 1.10 bits per heavy atom. The van der Waals surface area contributed by atoms with E-state index in [0.29, 0.717) is 0 Å². The zero-order valence-corrected chi connectivity index (χ0v) is 29.1. The first-order valence-corrected chi connectivity index (χ1v) is 17.9. The van der Waals surface area contributed by atoms with E-state index in [-0.39, 0.29) is 5.41 Å². The largest absolute Gasteiger partial charge is 0.456 e. The minimum Gasteiger partial charge on any atom is -0.456 e. The summed E-state index contributed by atoms with van der Waals surface area (Å²) in [5.74, 6) is 0.879. The van der Waals surface area contributed by atoms with Crippen molar-refractivity contribution >= 4 is 38.9 Å². The Labute approximate surface area is 303 Å². The molecule has 1 aliphatic rings. The summed E-state index contributed by atoms with van der Waals surface area (Å²) in [7, 11) is 0. The molecule has 10 rings (SSSR count). The Kier molecular flexibility index (Phi) is 6.84. The third kappa shape index (κ3) is 4.81. The highest BCUT2D eigenvalue weighted by atomic mass is 16.3. The fourth-order valence-electron chi connectivity index (χ4n) is 8.19. The molecule has 1 aliphatic carbocycles. The van der Waals surface area contributed by atoms with E-state index in [1.165, 1.54) is 22.3 Å². The second kappa shape index (κ2) is 11.8. The molecule has 0 amide bonds. The van der Waals surface area contributed by atoms with Gasteiger partial charge in [-0.15, -0.1) is 0 Å². The van der Waals surface area contributed by atoms with E-state index >= 15 is 0 Å². The number of nitrogens with zero attached hydrogens (tertiary/aromatic N) is 2. The molecule has 2 aromatic heterocycles. The summed E-state index contributed by atoms with van der Waals surface area (Å²) in [5, 5.41) is 2.22. The van der Waals surface area contributed by atoms with Gasteiger partial charge in [-0.1, -0.05) is 123 Å².